The largest absolute Gasteiger partial charge is 0.361 e. The number of thiophene rings is 1. The number of hydrogen-bond acceptors (Lipinski definition) is 4. The molecule has 0 aliphatic rings. The molecule has 2 heterocycles. The molecular weight excluding hydrogens is 328 g/mol. The number of nitrogens with one attached hydrogen (secondary N) is 1. The van der Waals surface area contributed by atoms with Crippen LogP contribution in [0, 0.1) is 0 Å². The van der Waals surface area contributed by atoms with E-state index in [0.29, 0.717) is 0 Å². The van der Waals surface area contributed by atoms with Crippen LogP contribution < -0.4 is 5.32 Å². The molecule has 0 spiro atoms. The van der Waals surface area contributed by atoms with Crippen molar-refractivity contribution in [3.63, 3.8) is 0 Å². The summed E-state index contributed by atoms with van der Waals surface area (Å²) in [6, 6.07) is 8.34. The van der Waals surface area contributed by atoms with Crippen LogP contribution in [0.15, 0.2) is 39.5 Å². The monoisotopic (exact) mass is 338 g/mol. The van der Waals surface area contributed by atoms with Crippen LogP contribution in [0.2, 0.25) is 0 Å². The molecule has 0 aliphatic heterocycles. The predicted molar refractivity (Wildman–Crippen MR) is 83.8 cm³/mol. The molecule has 0 atom stereocenters. The van der Waals surface area contributed by atoms with Gasteiger partial charge in [0.25, 0.3) is 0 Å². The Morgan fingerprint density at radius 3 is 3.06 bits per heavy atom. The molecule has 0 aliphatic carbocycles. The van der Waals surface area contributed by atoms with Gasteiger partial charge < -0.3 is 5.32 Å². The lowest BCUT2D eigenvalue weighted by Crippen LogP contribution is -2.03. The quantitative estimate of drug-likeness (QED) is 0.740. The summed E-state index contributed by atoms with van der Waals surface area (Å²) in [5.74, 6) is 0. The molecule has 0 unspecified atom stereocenters. The van der Waals surface area contributed by atoms with Crippen molar-refractivity contribution < 1.29 is 0 Å². The van der Waals surface area contributed by atoms with E-state index in [1.54, 1.807) is 22.7 Å². The number of nitrogens with zero attached hydrogens (tertiary/aromatic N) is 1. The second-order valence-corrected chi connectivity index (χ2v) is 6.67. The van der Waals surface area contributed by atoms with Crippen molar-refractivity contribution in [1.82, 2.24) is 4.98 Å². The maximum absolute atomic E-state index is 4.56. The van der Waals surface area contributed by atoms with E-state index in [1.165, 1.54) is 10.3 Å². The Kier molecular flexibility index (Phi) is 3.63. The van der Waals surface area contributed by atoms with Gasteiger partial charge in [0.1, 0.15) is 0 Å². The predicted octanol–water partition coefficient (Wildman–Crippen LogP) is 4.77. The maximum Gasteiger partial charge on any atom is 0.183 e. The highest BCUT2D eigenvalue weighted by molar-refractivity contribution is 9.10. The highest BCUT2D eigenvalue weighted by atomic mass is 79.9. The normalized spacial score (nSPS) is 10.9. The molecule has 0 amide bonds. The molecule has 92 valence electrons. The molecule has 1 N–H and O–H groups in total. The fraction of sp³-hybridized carbons (Fsp3) is 0.154. The summed E-state index contributed by atoms with van der Waals surface area (Å²) >= 11 is 6.92. The minimum absolute atomic E-state index is 0.928. The van der Waals surface area contributed by atoms with Gasteiger partial charge in [-0.25, -0.2) is 4.98 Å². The van der Waals surface area contributed by atoms with Crippen LogP contribution in [0.25, 0.3) is 10.2 Å². The third kappa shape index (κ3) is 2.74. The molecule has 3 aromatic rings. The molecule has 5 heteroatoms. The summed E-state index contributed by atoms with van der Waals surface area (Å²) in [5.41, 5.74) is 2.44. The van der Waals surface area contributed by atoms with Gasteiger partial charge in [-0.3, -0.25) is 0 Å². The SMILES string of the molecule is Brc1ccc2nc(NCCc3ccsc3)sc2c1. The lowest BCUT2D eigenvalue weighted by molar-refractivity contribution is 1.02. The molecule has 2 aromatic heterocycles. The molecule has 2 nitrogen and oxygen atoms in total. The summed E-state index contributed by atoms with van der Waals surface area (Å²) in [5, 5.41) is 8.69. The first-order chi connectivity index (χ1) is 8.81. The molecule has 18 heavy (non-hydrogen) atoms. The van der Waals surface area contributed by atoms with E-state index in [1.807, 2.05) is 12.1 Å². The Morgan fingerprint density at radius 1 is 1.28 bits per heavy atom. The van der Waals surface area contributed by atoms with Crippen LogP contribution in [0.3, 0.4) is 0 Å². The van der Waals surface area contributed by atoms with Crippen molar-refractivity contribution in [2.75, 3.05) is 11.9 Å². The van der Waals surface area contributed by atoms with E-state index in [2.05, 4.69) is 49.1 Å². The van der Waals surface area contributed by atoms with E-state index in [9.17, 15) is 0 Å². The van der Waals surface area contributed by atoms with Gasteiger partial charge >= 0.3 is 0 Å². The summed E-state index contributed by atoms with van der Waals surface area (Å²) in [6.45, 7) is 0.928. The van der Waals surface area contributed by atoms with Crippen molar-refractivity contribution in [1.29, 1.82) is 0 Å². The molecule has 0 saturated heterocycles. The number of fused-ring (bicyclic) bond motifs is 1. The van der Waals surface area contributed by atoms with Crippen LogP contribution in [-0.4, -0.2) is 11.5 Å². The first kappa shape index (κ1) is 12.1. The average molecular weight is 339 g/mol. The van der Waals surface area contributed by atoms with Crippen molar-refractivity contribution >= 4 is 54.0 Å². The summed E-state index contributed by atoms with van der Waals surface area (Å²) in [4.78, 5) is 4.56. The number of thiazole rings is 1. The molecule has 0 fully saturated rings. The number of halogens is 1. The number of rotatable bonds is 4. The minimum atomic E-state index is 0.928. The van der Waals surface area contributed by atoms with Gasteiger partial charge in [-0.1, -0.05) is 27.3 Å². The number of hydrogen-bond donors (Lipinski definition) is 1. The van der Waals surface area contributed by atoms with Crippen molar-refractivity contribution in [3.8, 4) is 0 Å². The Labute approximate surface area is 122 Å². The van der Waals surface area contributed by atoms with E-state index >= 15 is 0 Å². The fourth-order valence-electron chi connectivity index (χ4n) is 1.72. The Hall–Kier alpha value is -0.910. The van der Waals surface area contributed by atoms with Crippen molar-refractivity contribution in [2.45, 2.75) is 6.42 Å². The molecule has 0 bridgehead atoms. The smallest absolute Gasteiger partial charge is 0.183 e. The molecule has 3 rings (SSSR count). The standard InChI is InChI=1S/C13H11BrN2S2/c14-10-1-2-11-12(7-10)18-13(16-11)15-5-3-9-4-6-17-8-9/h1-2,4,6-8H,3,5H2,(H,15,16). The zero-order chi connectivity index (χ0) is 12.4. The van der Waals surface area contributed by atoms with E-state index in [-0.39, 0.29) is 0 Å². The third-order valence-electron chi connectivity index (χ3n) is 2.62. The lowest BCUT2D eigenvalue weighted by atomic mass is 10.2. The van der Waals surface area contributed by atoms with Gasteiger partial charge in [0.05, 0.1) is 10.2 Å². The Bertz CT molecular complexity index is 646. The summed E-state index contributed by atoms with van der Waals surface area (Å²) in [6.07, 6.45) is 1.04. The summed E-state index contributed by atoms with van der Waals surface area (Å²) < 4.78 is 2.31. The highest BCUT2D eigenvalue weighted by Gasteiger charge is 2.03. The Morgan fingerprint density at radius 2 is 2.22 bits per heavy atom. The molecule has 0 saturated carbocycles. The number of aromatic nitrogens is 1. The zero-order valence-electron chi connectivity index (χ0n) is 9.52. The molecule has 0 radical (unpaired) electrons. The summed E-state index contributed by atoms with van der Waals surface area (Å²) in [7, 11) is 0. The number of anilines is 1. The highest BCUT2D eigenvalue weighted by Crippen LogP contribution is 2.28. The van der Waals surface area contributed by atoms with Gasteiger partial charge in [-0.15, -0.1) is 0 Å². The number of benzene rings is 1. The van der Waals surface area contributed by atoms with Crippen LogP contribution in [0.1, 0.15) is 5.56 Å². The van der Waals surface area contributed by atoms with E-state index in [4.69, 9.17) is 0 Å². The van der Waals surface area contributed by atoms with Crippen LogP contribution in [0.5, 0.6) is 0 Å². The lowest BCUT2D eigenvalue weighted by Gasteiger charge is -1.99. The third-order valence-corrected chi connectivity index (χ3v) is 4.82. The van der Waals surface area contributed by atoms with E-state index < -0.39 is 0 Å². The van der Waals surface area contributed by atoms with Crippen molar-refractivity contribution in [3.05, 3.63) is 45.1 Å². The van der Waals surface area contributed by atoms with Crippen molar-refractivity contribution in [2.24, 2.45) is 0 Å². The zero-order valence-corrected chi connectivity index (χ0v) is 12.7. The average Bonchev–Trinajstić information content (AvgIpc) is 2.97. The Balaban J connectivity index is 1.67. The second kappa shape index (κ2) is 5.38. The molecular formula is C13H11BrN2S2. The van der Waals surface area contributed by atoms with Gasteiger partial charge in [0.2, 0.25) is 0 Å². The van der Waals surface area contributed by atoms with Gasteiger partial charge in [0, 0.05) is 11.0 Å². The van der Waals surface area contributed by atoms with E-state index in [0.717, 1.165) is 28.1 Å². The topological polar surface area (TPSA) is 24.9 Å². The van der Waals surface area contributed by atoms with Gasteiger partial charge in [-0.2, -0.15) is 11.3 Å². The van der Waals surface area contributed by atoms with Crippen LogP contribution in [-0.2, 0) is 6.42 Å². The molecule has 1 aromatic carbocycles. The maximum atomic E-state index is 4.56. The van der Waals surface area contributed by atoms with Gasteiger partial charge in [-0.05, 0) is 47.0 Å². The first-order valence-corrected chi connectivity index (χ1v) is 8.17. The first-order valence-electron chi connectivity index (χ1n) is 5.62. The minimum Gasteiger partial charge on any atom is -0.361 e. The van der Waals surface area contributed by atoms with Gasteiger partial charge in [0.15, 0.2) is 5.13 Å². The fourth-order valence-corrected chi connectivity index (χ4v) is 3.87. The second-order valence-electron chi connectivity index (χ2n) is 3.94. The van der Waals surface area contributed by atoms with Crippen LogP contribution in [0.4, 0.5) is 5.13 Å². The van der Waals surface area contributed by atoms with Crippen LogP contribution >= 0.6 is 38.6 Å².